The highest BCUT2D eigenvalue weighted by Gasteiger charge is 2.33. The number of amides is 2. The van der Waals surface area contributed by atoms with Crippen molar-refractivity contribution in [1.29, 1.82) is 0 Å². The van der Waals surface area contributed by atoms with Gasteiger partial charge >= 0.3 is 6.03 Å². The summed E-state index contributed by atoms with van der Waals surface area (Å²) in [6.07, 6.45) is 0. The lowest BCUT2D eigenvalue weighted by Crippen LogP contribution is -2.61. The van der Waals surface area contributed by atoms with Crippen molar-refractivity contribution in [3.8, 4) is 0 Å². The summed E-state index contributed by atoms with van der Waals surface area (Å²) < 4.78 is 0. The van der Waals surface area contributed by atoms with Crippen LogP contribution in [0.3, 0.4) is 0 Å². The lowest BCUT2D eigenvalue weighted by molar-refractivity contribution is 0.0553. The van der Waals surface area contributed by atoms with E-state index < -0.39 is 0 Å². The highest BCUT2D eigenvalue weighted by molar-refractivity contribution is 5.75. The quantitative estimate of drug-likeness (QED) is 0.681. The molecule has 4 heteroatoms. The number of nitrogens with one attached hydrogen (secondary N) is 1. The van der Waals surface area contributed by atoms with E-state index in [0.717, 1.165) is 19.6 Å². The molecular weight excluding hydrogens is 202 g/mol. The predicted molar refractivity (Wildman–Crippen MR) is 66.6 cm³/mol. The SMILES string of the molecule is CN1CCN(C(=O)NC(C)(C)C)CC1(C)C. The molecule has 0 spiro atoms. The second kappa shape index (κ2) is 4.24. The van der Waals surface area contributed by atoms with E-state index in [1.807, 2.05) is 25.7 Å². The van der Waals surface area contributed by atoms with Crippen LogP contribution >= 0.6 is 0 Å². The second-order valence-electron chi connectivity index (χ2n) is 6.34. The second-order valence-corrected chi connectivity index (χ2v) is 6.34. The fourth-order valence-electron chi connectivity index (χ4n) is 1.81. The van der Waals surface area contributed by atoms with Crippen molar-refractivity contribution in [1.82, 2.24) is 15.1 Å². The van der Waals surface area contributed by atoms with Gasteiger partial charge in [-0.15, -0.1) is 0 Å². The van der Waals surface area contributed by atoms with Gasteiger partial charge in [0.2, 0.25) is 0 Å². The van der Waals surface area contributed by atoms with Crippen LogP contribution in [0.15, 0.2) is 0 Å². The van der Waals surface area contributed by atoms with Gasteiger partial charge in [0.05, 0.1) is 0 Å². The van der Waals surface area contributed by atoms with Crippen LogP contribution in [0.25, 0.3) is 0 Å². The molecule has 1 aliphatic heterocycles. The lowest BCUT2D eigenvalue weighted by Gasteiger charge is -2.45. The maximum absolute atomic E-state index is 12.0. The first-order valence-electron chi connectivity index (χ1n) is 5.90. The first-order chi connectivity index (χ1) is 7.12. The highest BCUT2D eigenvalue weighted by atomic mass is 16.2. The predicted octanol–water partition coefficient (Wildman–Crippen LogP) is 1.52. The maximum atomic E-state index is 12.0. The van der Waals surface area contributed by atoms with Crippen molar-refractivity contribution < 1.29 is 4.79 Å². The van der Waals surface area contributed by atoms with Crippen LogP contribution in [-0.2, 0) is 0 Å². The van der Waals surface area contributed by atoms with E-state index in [-0.39, 0.29) is 17.1 Å². The third kappa shape index (κ3) is 3.37. The summed E-state index contributed by atoms with van der Waals surface area (Å²) in [5.74, 6) is 0. The van der Waals surface area contributed by atoms with Gasteiger partial charge in [0.1, 0.15) is 0 Å². The minimum absolute atomic E-state index is 0.0497. The monoisotopic (exact) mass is 227 g/mol. The summed E-state index contributed by atoms with van der Waals surface area (Å²) in [6, 6.07) is 0.0497. The van der Waals surface area contributed by atoms with Gasteiger partial charge in [-0.25, -0.2) is 4.79 Å². The van der Waals surface area contributed by atoms with Crippen LogP contribution in [-0.4, -0.2) is 53.6 Å². The zero-order chi connectivity index (χ0) is 12.6. The van der Waals surface area contributed by atoms with Crippen LogP contribution in [0, 0.1) is 0 Å². The molecule has 1 heterocycles. The van der Waals surface area contributed by atoms with E-state index in [9.17, 15) is 4.79 Å². The Bertz CT molecular complexity index is 268. The molecule has 2 amide bonds. The third-order valence-corrected chi connectivity index (χ3v) is 3.09. The summed E-state index contributed by atoms with van der Waals surface area (Å²) in [6.45, 7) is 12.9. The van der Waals surface area contributed by atoms with Crippen LogP contribution in [0.5, 0.6) is 0 Å². The molecule has 0 bridgehead atoms. The molecule has 1 saturated heterocycles. The summed E-state index contributed by atoms with van der Waals surface area (Å²) in [7, 11) is 2.11. The van der Waals surface area contributed by atoms with Crippen LogP contribution in [0.1, 0.15) is 34.6 Å². The first kappa shape index (κ1) is 13.3. The summed E-state index contributed by atoms with van der Waals surface area (Å²) in [5.41, 5.74) is -0.0992. The van der Waals surface area contributed by atoms with E-state index in [0.29, 0.717) is 0 Å². The number of carbonyl (C=O) groups is 1. The van der Waals surface area contributed by atoms with Gasteiger partial charge in [-0.1, -0.05) is 0 Å². The molecular formula is C12H25N3O. The van der Waals surface area contributed by atoms with E-state index in [1.165, 1.54) is 0 Å². The standard InChI is InChI=1S/C12H25N3O/c1-11(2,3)13-10(16)15-8-7-14(6)12(4,5)9-15/h7-9H2,1-6H3,(H,13,16). The maximum Gasteiger partial charge on any atom is 0.317 e. The Labute approximate surface area is 99.0 Å². The van der Waals surface area contributed by atoms with Crippen LogP contribution < -0.4 is 5.32 Å². The zero-order valence-corrected chi connectivity index (χ0v) is 11.4. The molecule has 94 valence electrons. The lowest BCUT2D eigenvalue weighted by atomic mass is 10.00. The molecule has 1 N–H and O–H groups in total. The van der Waals surface area contributed by atoms with Gasteiger partial charge in [0.15, 0.2) is 0 Å². The third-order valence-electron chi connectivity index (χ3n) is 3.09. The summed E-state index contributed by atoms with van der Waals surface area (Å²) in [4.78, 5) is 16.2. The molecule has 0 aromatic heterocycles. The number of hydrogen-bond acceptors (Lipinski definition) is 2. The smallest absolute Gasteiger partial charge is 0.317 e. The molecule has 1 fully saturated rings. The Morgan fingerprint density at radius 3 is 2.25 bits per heavy atom. The van der Waals surface area contributed by atoms with Crippen molar-refractivity contribution in [3.05, 3.63) is 0 Å². The number of rotatable bonds is 0. The van der Waals surface area contributed by atoms with Crippen LogP contribution in [0.4, 0.5) is 4.79 Å². The zero-order valence-electron chi connectivity index (χ0n) is 11.4. The number of piperazine rings is 1. The van der Waals surface area contributed by atoms with Crippen LogP contribution in [0.2, 0.25) is 0 Å². The molecule has 0 radical (unpaired) electrons. The molecule has 0 aliphatic carbocycles. The number of carbonyl (C=O) groups excluding carboxylic acids is 1. The van der Waals surface area contributed by atoms with Crippen molar-refractivity contribution in [2.45, 2.75) is 45.7 Å². The van der Waals surface area contributed by atoms with Crippen molar-refractivity contribution in [2.75, 3.05) is 26.7 Å². The molecule has 0 saturated carbocycles. The minimum Gasteiger partial charge on any atom is -0.333 e. The minimum atomic E-state index is -0.162. The number of urea groups is 1. The Kier molecular flexibility index (Phi) is 3.53. The van der Waals surface area contributed by atoms with E-state index in [2.05, 4.69) is 31.1 Å². The van der Waals surface area contributed by atoms with Gasteiger partial charge in [0, 0.05) is 30.7 Å². The molecule has 0 aromatic rings. The molecule has 0 unspecified atom stereocenters. The first-order valence-corrected chi connectivity index (χ1v) is 5.90. The molecule has 0 atom stereocenters. The normalized spacial score (nSPS) is 22.0. The van der Waals surface area contributed by atoms with Gasteiger partial charge in [-0.05, 0) is 41.7 Å². The molecule has 1 rings (SSSR count). The van der Waals surface area contributed by atoms with E-state index in [4.69, 9.17) is 0 Å². The van der Waals surface area contributed by atoms with E-state index in [1.54, 1.807) is 0 Å². The fraction of sp³-hybridized carbons (Fsp3) is 0.917. The summed E-state index contributed by atoms with van der Waals surface area (Å²) in [5, 5.41) is 3.01. The van der Waals surface area contributed by atoms with Gasteiger partial charge in [-0.3, -0.25) is 4.90 Å². The largest absolute Gasteiger partial charge is 0.333 e. The Morgan fingerprint density at radius 1 is 1.25 bits per heavy atom. The molecule has 0 aromatic carbocycles. The molecule has 16 heavy (non-hydrogen) atoms. The Hall–Kier alpha value is -0.770. The number of likely N-dealkylation sites (N-methyl/N-ethyl adjacent to an activating group) is 1. The van der Waals surface area contributed by atoms with Crippen molar-refractivity contribution >= 4 is 6.03 Å². The fourth-order valence-corrected chi connectivity index (χ4v) is 1.81. The summed E-state index contributed by atoms with van der Waals surface area (Å²) >= 11 is 0. The number of hydrogen-bond donors (Lipinski definition) is 1. The Balaban J connectivity index is 2.60. The van der Waals surface area contributed by atoms with Gasteiger partial charge < -0.3 is 10.2 Å². The molecule has 4 nitrogen and oxygen atoms in total. The molecule has 1 aliphatic rings. The van der Waals surface area contributed by atoms with Crippen molar-refractivity contribution in [2.24, 2.45) is 0 Å². The average molecular weight is 227 g/mol. The van der Waals surface area contributed by atoms with Gasteiger partial charge in [-0.2, -0.15) is 0 Å². The topological polar surface area (TPSA) is 35.6 Å². The number of nitrogens with zero attached hydrogens (tertiary/aromatic N) is 2. The van der Waals surface area contributed by atoms with Crippen molar-refractivity contribution in [3.63, 3.8) is 0 Å². The Morgan fingerprint density at radius 2 is 1.81 bits per heavy atom. The van der Waals surface area contributed by atoms with E-state index >= 15 is 0 Å². The average Bonchev–Trinajstić information content (AvgIpc) is 2.06. The van der Waals surface area contributed by atoms with Gasteiger partial charge in [0.25, 0.3) is 0 Å². The highest BCUT2D eigenvalue weighted by Crippen LogP contribution is 2.19.